The molecular weight excluding hydrogens is 313 g/mol. The smallest absolute Gasteiger partial charge is 0.402 e. The summed E-state index contributed by atoms with van der Waals surface area (Å²) in [6.45, 7) is -1.74. The molecule has 0 spiro atoms. The van der Waals surface area contributed by atoms with Crippen LogP contribution in [0.25, 0.3) is 0 Å². The van der Waals surface area contributed by atoms with E-state index in [9.17, 15) is 26.4 Å². The summed E-state index contributed by atoms with van der Waals surface area (Å²) in [6, 6.07) is 6.52. The van der Waals surface area contributed by atoms with Gasteiger partial charge in [0.25, 0.3) is 10.2 Å². The highest BCUT2D eigenvalue weighted by molar-refractivity contribution is 7.87. The molecule has 0 aliphatic rings. The number of carbonyl (C=O) groups is 1. The van der Waals surface area contributed by atoms with Crippen molar-refractivity contribution in [3.05, 3.63) is 35.9 Å². The van der Waals surface area contributed by atoms with Gasteiger partial charge in [-0.3, -0.25) is 4.79 Å². The Morgan fingerprint density at radius 2 is 1.81 bits per heavy atom. The van der Waals surface area contributed by atoms with E-state index in [-0.39, 0.29) is 0 Å². The van der Waals surface area contributed by atoms with Gasteiger partial charge in [-0.15, -0.1) is 0 Å². The quantitative estimate of drug-likeness (QED) is 0.701. The van der Waals surface area contributed by atoms with Crippen LogP contribution in [0.5, 0.6) is 0 Å². The molecule has 0 saturated heterocycles. The Morgan fingerprint density at radius 1 is 1.24 bits per heavy atom. The zero-order valence-electron chi connectivity index (χ0n) is 10.6. The molecule has 3 N–H and O–H groups in total. The fraction of sp³-hybridized carbons (Fsp3) is 0.364. The molecule has 10 heteroatoms. The number of benzene rings is 1. The maximum Gasteiger partial charge on any atom is 0.402 e. The van der Waals surface area contributed by atoms with E-state index in [0.29, 0.717) is 5.56 Å². The average molecular weight is 326 g/mol. The van der Waals surface area contributed by atoms with E-state index in [2.05, 4.69) is 0 Å². The SMILES string of the molecule is O=C(O)CC(NS(=O)(=O)NCC(F)(F)F)c1ccccc1. The lowest BCUT2D eigenvalue weighted by Crippen LogP contribution is -2.43. The molecule has 118 valence electrons. The largest absolute Gasteiger partial charge is 0.481 e. The van der Waals surface area contributed by atoms with Gasteiger partial charge in [0.05, 0.1) is 12.5 Å². The molecule has 0 fully saturated rings. The molecule has 1 aromatic rings. The minimum atomic E-state index is -4.70. The Hall–Kier alpha value is -1.65. The Balaban J connectivity index is 2.84. The molecule has 1 unspecified atom stereocenters. The van der Waals surface area contributed by atoms with Gasteiger partial charge in [0.1, 0.15) is 6.54 Å². The van der Waals surface area contributed by atoms with Crippen molar-refractivity contribution >= 4 is 16.2 Å². The molecule has 1 rings (SSSR count). The summed E-state index contributed by atoms with van der Waals surface area (Å²) in [7, 11) is -4.49. The zero-order valence-corrected chi connectivity index (χ0v) is 11.4. The number of aliphatic carboxylic acids is 1. The molecule has 0 aromatic heterocycles. The zero-order chi connectivity index (χ0) is 16.1. The number of rotatable bonds is 7. The van der Waals surface area contributed by atoms with Gasteiger partial charge in [-0.2, -0.15) is 31.0 Å². The van der Waals surface area contributed by atoms with E-state index in [1.54, 1.807) is 18.2 Å². The predicted octanol–water partition coefficient (Wildman–Crippen LogP) is 1.19. The van der Waals surface area contributed by atoms with Crippen LogP contribution in [-0.4, -0.2) is 32.2 Å². The van der Waals surface area contributed by atoms with Crippen molar-refractivity contribution < 1.29 is 31.5 Å². The van der Waals surface area contributed by atoms with E-state index in [4.69, 9.17) is 5.11 Å². The van der Waals surface area contributed by atoms with Gasteiger partial charge in [0.15, 0.2) is 0 Å². The topological polar surface area (TPSA) is 95.5 Å². The summed E-state index contributed by atoms with van der Waals surface area (Å²) >= 11 is 0. The van der Waals surface area contributed by atoms with Crippen LogP contribution in [0.2, 0.25) is 0 Å². The summed E-state index contributed by atoms with van der Waals surface area (Å²) < 4.78 is 62.3. The van der Waals surface area contributed by atoms with E-state index in [1.807, 2.05) is 4.72 Å². The third kappa shape index (κ3) is 7.06. The lowest BCUT2D eigenvalue weighted by Gasteiger charge is -2.18. The number of hydrogen-bond donors (Lipinski definition) is 3. The van der Waals surface area contributed by atoms with Crippen molar-refractivity contribution in [2.24, 2.45) is 0 Å². The van der Waals surface area contributed by atoms with Crippen molar-refractivity contribution in [1.82, 2.24) is 9.44 Å². The number of carboxylic acid groups (broad SMARTS) is 1. The predicted molar refractivity (Wildman–Crippen MR) is 67.5 cm³/mol. The van der Waals surface area contributed by atoms with Gasteiger partial charge in [0.2, 0.25) is 0 Å². The Morgan fingerprint density at radius 3 is 2.29 bits per heavy atom. The van der Waals surface area contributed by atoms with Crippen molar-refractivity contribution in [2.45, 2.75) is 18.6 Å². The Bertz CT molecular complexity index is 575. The van der Waals surface area contributed by atoms with Crippen molar-refractivity contribution in [3.8, 4) is 0 Å². The van der Waals surface area contributed by atoms with E-state index >= 15 is 0 Å². The maximum atomic E-state index is 12.0. The second kappa shape index (κ2) is 6.87. The first kappa shape index (κ1) is 17.4. The lowest BCUT2D eigenvalue weighted by molar-refractivity contribution is -0.137. The number of halogens is 3. The van der Waals surface area contributed by atoms with E-state index < -0.39 is 41.4 Å². The summed E-state index contributed by atoms with van der Waals surface area (Å²) in [5.41, 5.74) is 0.331. The summed E-state index contributed by atoms with van der Waals surface area (Å²) in [4.78, 5) is 10.8. The van der Waals surface area contributed by atoms with Gasteiger partial charge < -0.3 is 5.11 Å². The van der Waals surface area contributed by atoms with Crippen LogP contribution in [0, 0.1) is 0 Å². The lowest BCUT2D eigenvalue weighted by atomic mass is 10.1. The number of hydrogen-bond acceptors (Lipinski definition) is 3. The van der Waals surface area contributed by atoms with Crippen LogP contribution < -0.4 is 9.44 Å². The van der Waals surface area contributed by atoms with Crippen LogP contribution >= 0.6 is 0 Å². The molecule has 0 radical (unpaired) electrons. The minimum absolute atomic E-state index is 0.331. The molecular formula is C11H13F3N2O4S. The van der Waals surface area contributed by atoms with Crippen molar-refractivity contribution in [2.75, 3.05) is 6.54 Å². The molecule has 0 saturated carbocycles. The highest BCUT2D eigenvalue weighted by Crippen LogP contribution is 2.18. The van der Waals surface area contributed by atoms with Crippen LogP contribution in [0.15, 0.2) is 30.3 Å². The Labute approximate surface area is 119 Å². The molecule has 0 heterocycles. The number of alkyl halides is 3. The average Bonchev–Trinajstić information content (AvgIpc) is 2.35. The monoisotopic (exact) mass is 326 g/mol. The molecule has 6 nitrogen and oxygen atoms in total. The summed E-state index contributed by atoms with van der Waals surface area (Å²) in [5.74, 6) is -1.29. The molecule has 0 amide bonds. The highest BCUT2D eigenvalue weighted by Gasteiger charge is 2.30. The van der Waals surface area contributed by atoms with Crippen molar-refractivity contribution in [1.29, 1.82) is 0 Å². The van der Waals surface area contributed by atoms with Crippen LogP contribution in [0.4, 0.5) is 13.2 Å². The molecule has 21 heavy (non-hydrogen) atoms. The van der Waals surface area contributed by atoms with E-state index in [1.165, 1.54) is 16.9 Å². The second-order valence-corrected chi connectivity index (χ2v) is 5.65. The summed E-state index contributed by atoms with van der Waals surface area (Å²) in [5, 5.41) is 8.77. The van der Waals surface area contributed by atoms with Crippen LogP contribution in [0.3, 0.4) is 0 Å². The first-order valence-corrected chi connectivity index (χ1v) is 7.18. The third-order valence-corrected chi connectivity index (χ3v) is 3.46. The fourth-order valence-electron chi connectivity index (χ4n) is 1.49. The Kier molecular flexibility index (Phi) is 5.70. The molecule has 0 aliphatic heterocycles. The third-order valence-electron chi connectivity index (χ3n) is 2.34. The minimum Gasteiger partial charge on any atom is -0.481 e. The second-order valence-electron chi connectivity index (χ2n) is 4.12. The summed E-state index contributed by atoms with van der Waals surface area (Å²) in [6.07, 6.45) is -5.30. The fourth-order valence-corrected chi connectivity index (χ4v) is 2.52. The van der Waals surface area contributed by atoms with E-state index in [0.717, 1.165) is 0 Å². The normalized spacial score (nSPS) is 13.9. The van der Waals surface area contributed by atoms with Crippen LogP contribution in [-0.2, 0) is 15.0 Å². The number of carboxylic acids is 1. The van der Waals surface area contributed by atoms with Gasteiger partial charge in [0, 0.05) is 0 Å². The van der Waals surface area contributed by atoms with Gasteiger partial charge in [-0.1, -0.05) is 30.3 Å². The molecule has 1 aromatic carbocycles. The van der Waals surface area contributed by atoms with Gasteiger partial charge in [-0.25, -0.2) is 0 Å². The van der Waals surface area contributed by atoms with Crippen molar-refractivity contribution in [3.63, 3.8) is 0 Å². The standard InChI is InChI=1S/C11H13F3N2O4S/c12-11(13,14)7-15-21(19,20)16-9(6-10(17)18)8-4-2-1-3-5-8/h1-5,9,15-16H,6-7H2,(H,17,18). The first-order valence-electron chi connectivity index (χ1n) is 5.69. The maximum absolute atomic E-state index is 12.0. The molecule has 1 atom stereocenters. The molecule has 0 aliphatic carbocycles. The molecule has 0 bridgehead atoms. The van der Waals surface area contributed by atoms with Gasteiger partial charge >= 0.3 is 12.1 Å². The van der Waals surface area contributed by atoms with Gasteiger partial charge in [-0.05, 0) is 5.56 Å². The highest BCUT2D eigenvalue weighted by atomic mass is 32.2. The van der Waals surface area contributed by atoms with Crippen LogP contribution in [0.1, 0.15) is 18.0 Å². The first-order chi connectivity index (χ1) is 9.59. The number of nitrogens with one attached hydrogen (secondary N) is 2.